The van der Waals surface area contributed by atoms with Gasteiger partial charge in [0.25, 0.3) is 11.8 Å². The molecule has 45 heavy (non-hydrogen) atoms. The molecule has 1 fully saturated rings. The number of anilines is 2. The smallest absolute Gasteiger partial charge is 0.305 e. The Bertz CT molecular complexity index is 1680. The lowest BCUT2D eigenvalue weighted by Gasteiger charge is -2.37. The fraction of sp³-hybridized carbons (Fsp3) is 0.206. The van der Waals surface area contributed by atoms with E-state index < -0.39 is 23.8 Å². The van der Waals surface area contributed by atoms with E-state index in [0.29, 0.717) is 60.1 Å². The fourth-order valence-electron chi connectivity index (χ4n) is 5.21. The number of nitrogens with one attached hydrogen (secondary N) is 2. The van der Waals surface area contributed by atoms with Crippen LogP contribution in [0.5, 0.6) is 0 Å². The van der Waals surface area contributed by atoms with E-state index in [1.165, 1.54) is 6.20 Å². The van der Waals surface area contributed by atoms with Gasteiger partial charge in [-0.15, -0.1) is 0 Å². The highest BCUT2D eigenvalue weighted by atomic mass is 35.5. The van der Waals surface area contributed by atoms with E-state index in [4.69, 9.17) is 11.6 Å². The zero-order valence-electron chi connectivity index (χ0n) is 24.4. The Morgan fingerprint density at radius 3 is 2.29 bits per heavy atom. The number of halogens is 1. The van der Waals surface area contributed by atoms with Gasteiger partial charge in [-0.3, -0.25) is 24.2 Å². The third kappa shape index (κ3) is 8.24. The summed E-state index contributed by atoms with van der Waals surface area (Å²) < 4.78 is 0. The first-order chi connectivity index (χ1) is 21.8. The largest absolute Gasteiger partial charge is 0.481 e. The molecule has 0 bridgehead atoms. The lowest BCUT2D eigenvalue weighted by molar-refractivity contribution is -0.137. The van der Waals surface area contributed by atoms with Gasteiger partial charge in [-0.1, -0.05) is 54.1 Å². The first kappa shape index (κ1) is 31.2. The van der Waals surface area contributed by atoms with Crippen molar-refractivity contribution in [2.45, 2.75) is 18.9 Å². The van der Waals surface area contributed by atoms with Crippen molar-refractivity contribution in [2.24, 2.45) is 0 Å². The Morgan fingerprint density at radius 2 is 1.60 bits per heavy atom. The van der Waals surface area contributed by atoms with Crippen LogP contribution in [0.2, 0.25) is 5.02 Å². The van der Waals surface area contributed by atoms with Crippen LogP contribution < -0.4 is 15.5 Å². The second-order valence-electron chi connectivity index (χ2n) is 10.6. The summed E-state index contributed by atoms with van der Waals surface area (Å²) in [6.45, 7) is 2.04. The lowest BCUT2D eigenvalue weighted by Crippen LogP contribution is -2.49. The molecule has 0 aliphatic carbocycles. The van der Waals surface area contributed by atoms with Crippen molar-refractivity contribution in [1.82, 2.24) is 15.2 Å². The highest BCUT2D eigenvalue weighted by Crippen LogP contribution is 2.30. The van der Waals surface area contributed by atoms with Gasteiger partial charge >= 0.3 is 5.97 Å². The Hall–Kier alpha value is -5.22. The standard InChI is InChI=1S/C34H32ClN5O5/c35-27-10-4-8-24(19-27)33(44)38-29-20-25(34(45)37-28(21-32(42)43)26-9-5-13-36-22-26)11-12-30(29)39-14-16-40(17-15-39)31(41)18-23-6-2-1-3-7-23/h1-13,19-20,22,28H,14-18,21H2,(H,37,45)(H,38,44)(H,42,43). The van der Waals surface area contributed by atoms with E-state index in [0.717, 1.165) is 5.56 Å². The van der Waals surface area contributed by atoms with Crippen molar-refractivity contribution in [1.29, 1.82) is 0 Å². The maximum atomic E-state index is 13.4. The predicted octanol–water partition coefficient (Wildman–Crippen LogP) is 4.82. The number of hydrogen-bond acceptors (Lipinski definition) is 6. The van der Waals surface area contributed by atoms with Crippen molar-refractivity contribution in [3.63, 3.8) is 0 Å². The van der Waals surface area contributed by atoms with E-state index in [2.05, 4.69) is 20.5 Å². The van der Waals surface area contributed by atoms with Gasteiger partial charge in [-0.25, -0.2) is 0 Å². The van der Waals surface area contributed by atoms with Crippen molar-refractivity contribution >= 4 is 46.7 Å². The topological polar surface area (TPSA) is 132 Å². The number of carbonyl (C=O) groups excluding carboxylic acids is 3. The number of carbonyl (C=O) groups is 4. The number of rotatable bonds is 10. The summed E-state index contributed by atoms with van der Waals surface area (Å²) in [5.41, 5.74) is 3.17. The molecule has 10 nitrogen and oxygen atoms in total. The highest BCUT2D eigenvalue weighted by molar-refractivity contribution is 6.31. The maximum absolute atomic E-state index is 13.4. The van der Waals surface area contributed by atoms with Crippen molar-refractivity contribution < 1.29 is 24.3 Å². The minimum atomic E-state index is -1.07. The normalized spacial score (nSPS) is 13.5. The molecule has 1 saturated heterocycles. The number of nitrogens with zero attached hydrogens (tertiary/aromatic N) is 3. The summed E-state index contributed by atoms with van der Waals surface area (Å²) in [5, 5.41) is 15.6. The molecular formula is C34H32ClN5O5. The van der Waals surface area contributed by atoms with Crippen LogP contribution in [-0.4, -0.2) is 64.9 Å². The Morgan fingerprint density at radius 1 is 0.844 bits per heavy atom. The van der Waals surface area contributed by atoms with Crippen LogP contribution in [0.1, 0.15) is 44.3 Å². The summed E-state index contributed by atoms with van der Waals surface area (Å²) >= 11 is 6.12. The Balaban J connectivity index is 1.36. The molecular weight excluding hydrogens is 594 g/mol. The SMILES string of the molecule is O=C(O)CC(NC(=O)c1ccc(N2CCN(C(=O)Cc3ccccc3)CC2)c(NC(=O)c2cccc(Cl)c2)c1)c1cccnc1. The molecule has 1 atom stereocenters. The van der Waals surface area contributed by atoms with Gasteiger partial charge in [0.2, 0.25) is 5.91 Å². The number of benzene rings is 3. The van der Waals surface area contributed by atoms with Crippen LogP contribution in [-0.2, 0) is 16.0 Å². The van der Waals surface area contributed by atoms with Gasteiger partial charge in [0.15, 0.2) is 0 Å². The third-order valence-corrected chi connectivity index (χ3v) is 7.77. The molecule has 1 aromatic heterocycles. The molecule has 0 spiro atoms. The molecule has 1 unspecified atom stereocenters. The average molecular weight is 626 g/mol. The fourth-order valence-corrected chi connectivity index (χ4v) is 5.40. The van der Waals surface area contributed by atoms with Gasteiger partial charge in [0, 0.05) is 54.7 Å². The number of amides is 3. The summed E-state index contributed by atoms with van der Waals surface area (Å²) in [5.74, 6) is -1.94. The second kappa shape index (κ2) is 14.5. The summed E-state index contributed by atoms with van der Waals surface area (Å²) in [4.78, 5) is 59.1. The number of carboxylic acid groups (broad SMARTS) is 1. The molecule has 3 N–H and O–H groups in total. The Kier molecular flexibility index (Phi) is 10.1. The quantitative estimate of drug-likeness (QED) is 0.230. The van der Waals surface area contributed by atoms with Crippen LogP contribution in [0.3, 0.4) is 0 Å². The molecule has 11 heteroatoms. The molecule has 230 valence electrons. The number of piperazine rings is 1. The van der Waals surface area contributed by atoms with Gasteiger partial charge < -0.3 is 25.5 Å². The maximum Gasteiger partial charge on any atom is 0.305 e. The number of carboxylic acids is 1. The van der Waals surface area contributed by atoms with Crippen LogP contribution >= 0.6 is 11.6 Å². The predicted molar refractivity (Wildman–Crippen MR) is 171 cm³/mol. The van der Waals surface area contributed by atoms with E-state index >= 15 is 0 Å². The molecule has 1 aliphatic rings. The average Bonchev–Trinajstić information content (AvgIpc) is 3.05. The molecule has 2 heterocycles. The molecule has 4 aromatic rings. The Labute approximate surface area is 265 Å². The molecule has 3 aromatic carbocycles. The zero-order chi connectivity index (χ0) is 31.8. The molecule has 0 radical (unpaired) electrons. The van der Waals surface area contributed by atoms with E-state index in [9.17, 15) is 24.3 Å². The molecule has 0 saturated carbocycles. The van der Waals surface area contributed by atoms with Gasteiger partial charge in [0.1, 0.15) is 0 Å². The minimum Gasteiger partial charge on any atom is -0.481 e. The highest BCUT2D eigenvalue weighted by Gasteiger charge is 2.25. The number of pyridine rings is 1. The number of aliphatic carboxylic acids is 1. The monoisotopic (exact) mass is 625 g/mol. The van der Waals surface area contributed by atoms with Gasteiger partial charge in [-0.2, -0.15) is 0 Å². The molecule has 5 rings (SSSR count). The third-order valence-electron chi connectivity index (χ3n) is 7.54. The van der Waals surface area contributed by atoms with E-state index in [1.807, 2.05) is 35.2 Å². The molecule has 3 amide bonds. The van der Waals surface area contributed by atoms with Crippen molar-refractivity contribution in [2.75, 3.05) is 36.4 Å². The first-order valence-corrected chi connectivity index (χ1v) is 14.8. The second-order valence-corrected chi connectivity index (χ2v) is 11.1. The van der Waals surface area contributed by atoms with E-state index in [-0.39, 0.29) is 17.9 Å². The van der Waals surface area contributed by atoms with Gasteiger partial charge in [-0.05, 0) is 53.6 Å². The van der Waals surface area contributed by atoms with Gasteiger partial charge in [0.05, 0.1) is 30.3 Å². The zero-order valence-corrected chi connectivity index (χ0v) is 25.1. The number of aromatic nitrogens is 1. The lowest BCUT2D eigenvalue weighted by atomic mass is 10.0. The van der Waals surface area contributed by atoms with Crippen LogP contribution in [0.25, 0.3) is 0 Å². The van der Waals surface area contributed by atoms with Crippen LogP contribution in [0.15, 0.2) is 97.3 Å². The van der Waals surface area contributed by atoms with E-state index in [1.54, 1.807) is 60.8 Å². The van der Waals surface area contributed by atoms with Crippen molar-refractivity contribution in [3.05, 3.63) is 125 Å². The molecule has 1 aliphatic heterocycles. The first-order valence-electron chi connectivity index (χ1n) is 14.5. The summed E-state index contributed by atoms with van der Waals surface area (Å²) in [6, 6.07) is 23.6. The number of hydrogen-bond donors (Lipinski definition) is 3. The van der Waals surface area contributed by atoms with Crippen molar-refractivity contribution in [3.8, 4) is 0 Å². The minimum absolute atomic E-state index is 0.0480. The summed E-state index contributed by atoms with van der Waals surface area (Å²) in [7, 11) is 0. The van der Waals surface area contributed by atoms with Crippen LogP contribution in [0, 0.1) is 0 Å². The summed E-state index contributed by atoms with van der Waals surface area (Å²) in [6.07, 6.45) is 3.07. The van der Waals surface area contributed by atoms with Crippen LogP contribution in [0.4, 0.5) is 11.4 Å².